The molecular formula is C13H16F3N3O. The number of nitrogens with one attached hydrogen (secondary N) is 1. The molecule has 0 spiro atoms. The molecule has 1 saturated carbocycles. The lowest BCUT2D eigenvalue weighted by molar-refractivity contribution is -0.145. The van der Waals surface area contributed by atoms with Gasteiger partial charge in [-0.25, -0.2) is 9.97 Å². The second-order valence-corrected chi connectivity index (χ2v) is 5.44. The molecule has 0 bridgehead atoms. The number of halogens is 3. The maximum Gasteiger partial charge on any atom is 0.451 e. The zero-order valence-corrected chi connectivity index (χ0v) is 11.3. The maximum absolute atomic E-state index is 12.6. The van der Waals surface area contributed by atoms with E-state index in [4.69, 9.17) is 0 Å². The Labute approximate surface area is 114 Å². The zero-order valence-electron chi connectivity index (χ0n) is 11.3. The van der Waals surface area contributed by atoms with E-state index in [1.165, 1.54) is 13.0 Å². The van der Waals surface area contributed by atoms with Crippen LogP contribution >= 0.6 is 0 Å². The molecule has 1 aromatic rings. The summed E-state index contributed by atoms with van der Waals surface area (Å²) in [6.07, 6.45) is -0.983. The highest BCUT2D eigenvalue weighted by Crippen LogP contribution is 2.29. The van der Waals surface area contributed by atoms with Crippen molar-refractivity contribution in [1.82, 2.24) is 15.3 Å². The molecule has 110 valence electrons. The Balaban J connectivity index is 2.24. The third-order valence-corrected chi connectivity index (χ3v) is 3.46. The van der Waals surface area contributed by atoms with Crippen molar-refractivity contribution in [2.45, 2.75) is 51.2 Å². The number of carbonyl (C=O) groups is 1. The first kappa shape index (κ1) is 14.7. The number of nitrogens with zero attached hydrogens (tertiary/aromatic N) is 2. The lowest BCUT2D eigenvalue weighted by atomic mass is 10.0. The van der Waals surface area contributed by atoms with Crippen molar-refractivity contribution in [3.63, 3.8) is 0 Å². The Bertz CT molecular complexity index is 522. The number of amides is 1. The van der Waals surface area contributed by atoms with E-state index in [1.807, 2.05) is 6.92 Å². The van der Waals surface area contributed by atoms with Gasteiger partial charge in [-0.15, -0.1) is 0 Å². The van der Waals surface area contributed by atoms with Gasteiger partial charge in [0.25, 0.3) is 5.91 Å². The van der Waals surface area contributed by atoms with Crippen LogP contribution in [0, 0.1) is 6.92 Å². The molecule has 0 aromatic carbocycles. The monoisotopic (exact) mass is 287 g/mol. The maximum atomic E-state index is 12.6. The van der Waals surface area contributed by atoms with Gasteiger partial charge in [-0.3, -0.25) is 4.79 Å². The Kier molecular flexibility index (Phi) is 3.71. The third-order valence-electron chi connectivity index (χ3n) is 3.46. The van der Waals surface area contributed by atoms with Gasteiger partial charge in [0.05, 0.1) is 0 Å². The van der Waals surface area contributed by atoms with E-state index < -0.39 is 17.9 Å². The largest absolute Gasteiger partial charge is 0.451 e. The second kappa shape index (κ2) is 5.03. The Morgan fingerprint density at radius 2 is 1.90 bits per heavy atom. The van der Waals surface area contributed by atoms with Crippen molar-refractivity contribution in [2.24, 2.45) is 0 Å². The minimum atomic E-state index is -4.65. The third kappa shape index (κ3) is 3.26. The van der Waals surface area contributed by atoms with Crippen LogP contribution in [-0.4, -0.2) is 21.4 Å². The zero-order chi connectivity index (χ0) is 15.0. The van der Waals surface area contributed by atoms with Crippen LogP contribution in [0.4, 0.5) is 13.2 Å². The van der Waals surface area contributed by atoms with Crippen LogP contribution in [0.5, 0.6) is 0 Å². The van der Waals surface area contributed by atoms with Gasteiger partial charge in [0.2, 0.25) is 5.82 Å². The van der Waals surface area contributed by atoms with Gasteiger partial charge >= 0.3 is 6.18 Å². The standard InChI is InChI=1S/C13H16F3N3O/c1-8-7-9(18-11(17-8)13(14,15)16)10(20)19-12(2)5-3-4-6-12/h7H,3-6H2,1-2H3,(H,19,20). The number of rotatable bonds is 2. The van der Waals surface area contributed by atoms with Gasteiger partial charge in [-0.1, -0.05) is 12.8 Å². The fraction of sp³-hybridized carbons (Fsp3) is 0.615. The highest BCUT2D eigenvalue weighted by Gasteiger charge is 2.36. The van der Waals surface area contributed by atoms with Crippen LogP contribution in [0.3, 0.4) is 0 Å². The molecule has 7 heteroatoms. The van der Waals surface area contributed by atoms with Gasteiger partial charge in [0, 0.05) is 11.2 Å². The van der Waals surface area contributed by atoms with E-state index in [0.29, 0.717) is 0 Å². The summed E-state index contributed by atoms with van der Waals surface area (Å²) in [5, 5.41) is 2.78. The summed E-state index contributed by atoms with van der Waals surface area (Å²) in [7, 11) is 0. The summed E-state index contributed by atoms with van der Waals surface area (Å²) < 4.78 is 37.9. The topological polar surface area (TPSA) is 54.9 Å². The van der Waals surface area contributed by atoms with Crippen LogP contribution < -0.4 is 5.32 Å². The molecule has 20 heavy (non-hydrogen) atoms. The van der Waals surface area contributed by atoms with Crippen LogP contribution in [0.25, 0.3) is 0 Å². The lowest BCUT2D eigenvalue weighted by Crippen LogP contribution is -2.44. The normalized spacial score (nSPS) is 18.1. The van der Waals surface area contributed by atoms with Crippen LogP contribution in [0.1, 0.15) is 54.6 Å². The number of hydrogen-bond donors (Lipinski definition) is 1. The summed E-state index contributed by atoms with van der Waals surface area (Å²) in [5.41, 5.74) is -0.471. The first-order valence-electron chi connectivity index (χ1n) is 6.45. The molecule has 0 atom stereocenters. The van der Waals surface area contributed by atoms with E-state index in [0.717, 1.165) is 25.7 Å². The molecule has 1 heterocycles. The molecule has 0 saturated heterocycles. The minimum absolute atomic E-state index is 0.119. The van der Waals surface area contributed by atoms with Gasteiger partial charge in [-0.05, 0) is 32.8 Å². The average Bonchev–Trinajstić information content (AvgIpc) is 2.73. The lowest BCUT2D eigenvalue weighted by Gasteiger charge is -2.25. The molecule has 0 radical (unpaired) electrons. The number of hydrogen-bond acceptors (Lipinski definition) is 3. The number of carbonyl (C=O) groups excluding carboxylic acids is 1. The molecule has 1 aliphatic rings. The SMILES string of the molecule is Cc1cc(C(=O)NC2(C)CCCC2)nc(C(F)(F)F)n1. The summed E-state index contributed by atoms with van der Waals surface area (Å²) >= 11 is 0. The predicted octanol–water partition coefficient (Wildman–Crippen LogP) is 2.87. The van der Waals surface area contributed by atoms with Gasteiger partial charge < -0.3 is 5.32 Å². The second-order valence-electron chi connectivity index (χ2n) is 5.44. The summed E-state index contributed by atoms with van der Waals surface area (Å²) in [5.74, 6) is -1.86. The van der Waals surface area contributed by atoms with Gasteiger partial charge in [0.1, 0.15) is 5.69 Å². The Hall–Kier alpha value is -1.66. The highest BCUT2D eigenvalue weighted by molar-refractivity contribution is 5.92. The number of aryl methyl sites for hydroxylation is 1. The summed E-state index contributed by atoms with van der Waals surface area (Å²) in [6, 6.07) is 1.27. The first-order valence-corrected chi connectivity index (χ1v) is 6.45. The minimum Gasteiger partial charge on any atom is -0.346 e. The summed E-state index contributed by atoms with van der Waals surface area (Å²) in [4.78, 5) is 18.7. The molecule has 1 fully saturated rings. The Morgan fingerprint density at radius 3 is 2.45 bits per heavy atom. The fourth-order valence-corrected chi connectivity index (χ4v) is 2.43. The van der Waals surface area contributed by atoms with Crippen LogP contribution in [-0.2, 0) is 6.18 Å². The van der Waals surface area contributed by atoms with Crippen molar-refractivity contribution in [3.05, 3.63) is 23.3 Å². The van der Waals surface area contributed by atoms with E-state index in [-0.39, 0.29) is 16.9 Å². The van der Waals surface area contributed by atoms with Gasteiger partial charge in [-0.2, -0.15) is 13.2 Å². The van der Waals surface area contributed by atoms with Crippen molar-refractivity contribution in [3.8, 4) is 0 Å². The van der Waals surface area contributed by atoms with E-state index >= 15 is 0 Å². The van der Waals surface area contributed by atoms with E-state index in [9.17, 15) is 18.0 Å². The van der Waals surface area contributed by atoms with Crippen molar-refractivity contribution >= 4 is 5.91 Å². The fourth-order valence-electron chi connectivity index (χ4n) is 2.43. The molecule has 1 aliphatic carbocycles. The molecule has 0 unspecified atom stereocenters. The molecule has 1 amide bonds. The number of aromatic nitrogens is 2. The molecule has 4 nitrogen and oxygen atoms in total. The molecule has 0 aliphatic heterocycles. The predicted molar refractivity (Wildman–Crippen MR) is 66.1 cm³/mol. The highest BCUT2D eigenvalue weighted by atomic mass is 19.4. The van der Waals surface area contributed by atoms with Crippen molar-refractivity contribution < 1.29 is 18.0 Å². The van der Waals surface area contributed by atoms with Crippen LogP contribution in [0.15, 0.2) is 6.07 Å². The summed E-state index contributed by atoms with van der Waals surface area (Å²) in [6.45, 7) is 3.31. The molecule has 1 aromatic heterocycles. The smallest absolute Gasteiger partial charge is 0.346 e. The molecule has 1 N–H and O–H groups in total. The van der Waals surface area contributed by atoms with E-state index in [1.54, 1.807) is 0 Å². The van der Waals surface area contributed by atoms with Crippen molar-refractivity contribution in [2.75, 3.05) is 0 Å². The quantitative estimate of drug-likeness (QED) is 0.910. The van der Waals surface area contributed by atoms with Crippen LogP contribution in [0.2, 0.25) is 0 Å². The first-order chi connectivity index (χ1) is 9.20. The van der Waals surface area contributed by atoms with Crippen molar-refractivity contribution in [1.29, 1.82) is 0 Å². The molecule has 2 rings (SSSR count). The van der Waals surface area contributed by atoms with Gasteiger partial charge in [0.15, 0.2) is 0 Å². The van der Waals surface area contributed by atoms with E-state index in [2.05, 4.69) is 15.3 Å². The molecular weight excluding hydrogens is 271 g/mol. The Morgan fingerprint density at radius 1 is 1.30 bits per heavy atom. The number of alkyl halides is 3. The average molecular weight is 287 g/mol.